The van der Waals surface area contributed by atoms with E-state index in [0.29, 0.717) is 60.2 Å². The largest absolute Gasteiger partial charge is 0.493 e. The normalized spacial score (nSPS) is 15.3. The van der Waals surface area contributed by atoms with Gasteiger partial charge in [0.1, 0.15) is 17.7 Å². The Balaban J connectivity index is 1.69. The number of nitrogens with zero attached hydrogens (tertiary/aromatic N) is 3. The van der Waals surface area contributed by atoms with Crippen molar-refractivity contribution in [3.05, 3.63) is 36.2 Å². The molecule has 1 aliphatic heterocycles. The molecule has 0 aliphatic carbocycles. The van der Waals surface area contributed by atoms with E-state index in [1.165, 1.54) is 6.33 Å². The van der Waals surface area contributed by atoms with Crippen molar-refractivity contribution in [1.29, 1.82) is 0 Å². The van der Waals surface area contributed by atoms with Crippen LogP contribution in [0, 0.1) is 0 Å². The van der Waals surface area contributed by atoms with Crippen LogP contribution in [0.2, 0.25) is 0 Å². The first-order valence-electron chi connectivity index (χ1n) is 10.6. The van der Waals surface area contributed by atoms with Crippen molar-refractivity contribution in [1.82, 2.24) is 9.97 Å². The van der Waals surface area contributed by atoms with E-state index in [1.807, 2.05) is 24.3 Å². The van der Waals surface area contributed by atoms with Gasteiger partial charge in [-0.05, 0) is 25.0 Å². The number of para-hydroxylation sites is 1. The van der Waals surface area contributed by atoms with Crippen molar-refractivity contribution < 1.29 is 28.8 Å². The van der Waals surface area contributed by atoms with Gasteiger partial charge in [0.05, 0.1) is 46.5 Å². The lowest BCUT2D eigenvalue weighted by Crippen LogP contribution is -2.43. The molecular weight excluding hydrogens is 426 g/mol. The fourth-order valence-corrected chi connectivity index (χ4v) is 4.51. The number of ether oxygens (including phenoxy) is 5. The number of fused-ring (bicyclic) bond motifs is 1. The summed E-state index contributed by atoms with van der Waals surface area (Å²) in [5, 5.41) is 12.3. The second-order valence-corrected chi connectivity index (χ2v) is 7.80. The summed E-state index contributed by atoms with van der Waals surface area (Å²) in [6, 6.07) is 7.44. The van der Waals surface area contributed by atoms with Crippen LogP contribution in [0.4, 0.5) is 5.82 Å². The Hall–Kier alpha value is -3.46. The van der Waals surface area contributed by atoms with Gasteiger partial charge in [0.15, 0.2) is 23.0 Å². The minimum Gasteiger partial charge on any atom is -0.493 e. The highest BCUT2D eigenvalue weighted by molar-refractivity contribution is 5.97. The molecule has 9 nitrogen and oxygen atoms in total. The number of anilines is 1. The number of hydrogen-bond donors (Lipinski definition) is 1. The third-order valence-corrected chi connectivity index (χ3v) is 6.21. The molecule has 0 amide bonds. The number of aliphatic hydroxyl groups is 1. The Kier molecular flexibility index (Phi) is 6.33. The smallest absolute Gasteiger partial charge is 0.205 e. The molecule has 0 radical (unpaired) electrons. The predicted molar refractivity (Wildman–Crippen MR) is 124 cm³/mol. The van der Waals surface area contributed by atoms with E-state index in [1.54, 1.807) is 35.5 Å². The highest BCUT2D eigenvalue weighted by Gasteiger charge is 2.38. The lowest BCUT2D eigenvalue weighted by Gasteiger charge is -2.40. The summed E-state index contributed by atoms with van der Waals surface area (Å²) in [5.41, 5.74) is 0.317. The molecule has 1 saturated heterocycles. The van der Waals surface area contributed by atoms with E-state index in [4.69, 9.17) is 23.7 Å². The van der Waals surface area contributed by atoms with E-state index in [-0.39, 0.29) is 0 Å². The van der Waals surface area contributed by atoms with Crippen molar-refractivity contribution in [2.45, 2.75) is 18.4 Å². The summed E-state index contributed by atoms with van der Waals surface area (Å²) in [4.78, 5) is 11.1. The van der Waals surface area contributed by atoms with Crippen LogP contribution in [0.1, 0.15) is 18.4 Å². The molecule has 0 spiro atoms. The Morgan fingerprint density at radius 3 is 2.09 bits per heavy atom. The molecule has 1 aliphatic rings. The Morgan fingerprint density at radius 2 is 1.48 bits per heavy atom. The van der Waals surface area contributed by atoms with Crippen molar-refractivity contribution in [3.63, 3.8) is 0 Å². The molecular formula is C24H29N3O6. The SMILES string of the molecule is COc1cccc(C2(O)CCN(c3ncnc4c(OC)c(OC)c(OC)cc34)CC2)c1OC. The number of piperidine rings is 1. The van der Waals surface area contributed by atoms with Gasteiger partial charge >= 0.3 is 0 Å². The fourth-order valence-electron chi connectivity index (χ4n) is 4.51. The highest BCUT2D eigenvalue weighted by atomic mass is 16.5. The average Bonchev–Trinajstić information content (AvgIpc) is 2.86. The van der Waals surface area contributed by atoms with E-state index >= 15 is 0 Å². The summed E-state index contributed by atoms with van der Waals surface area (Å²) >= 11 is 0. The Bertz CT molecular complexity index is 1140. The molecule has 0 saturated carbocycles. The van der Waals surface area contributed by atoms with Crippen molar-refractivity contribution in [2.75, 3.05) is 53.5 Å². The first-order valence-corrected chi connectivity index (χ1v) is 10.6. The minimum absolute atomic E-state index is 0.482. The van der Waals surface area contributed by atoms with Crippen LogP contribution in [0.25, 0.3) is 10.9 Å². The third-order valence-electron chi connectivity index (χ3n) is 6.21. The molecule has 0 bridgehead atoms. The van der Waals surface area contributed by atoms with Gasteiger partial charge in [-0.1, -0.05) is 12.1 Å². The number of rotatable bonds is 7. The Morgan fingerprint density at radius 1 is 0.818 bits per heavy atom. The number of hydrogen-bond acceptors (Lipinski definition) is 9. The number of aromatic nitrogens is 2. The van der Waals surface area contributed by atoms with Gasteiger partial charge in [-0.3, -0.25) is 0 Å². The van der Waals surface area contributed by atoms with Crippen LogP contribution in [0.5, 0.6) is 28.7 Å². The summed E-state index contributed by atoms with van der Waals surface area (Å²) in [6.07, 6.45) is 2.50. The van der Waals surface area contributed by atoms with E-state index in [2.05, 4.69) is 14.9 Å². The summed E-state index contributed by atoms with van der Waals surface area (Å²) in [6.45, 7) is 1.17. The standard InChI is InChI=1S/C24H29N3O6/c1-29-17-8-6-7-16(20(17)31-3)24(28)9-11-27(12-10-24)23-15-13-18(30-2)21(32-4)22(33-5)19(15)25-14-26-23/h6-8,13-14,28H,9-12H2,1-5H3. The zero-order valence-electron chi connectivity index (χ0n) is 19.5. The molecule has 176 valence electrons. The van der Waals surface area contributed by atoms with Crippen molar-refractivity contribution in [3.8, 4) is 28.7 Å². The lowest BCUT2D eigenvalue weighted by molar-refractivity contribution is 0.00929. The van der Waals surface area contributed by atoms with E-state index in [9.17, 15) is 5.11 Å². The highest BCUT2D eigenvalue weighted by Crippen LogP contribution is 2.46. The van der Waals surface area contributed by atoms with E-state index in [0.717, 1.165) is 16.8 Å². The zero-order valence-corrected chi connectivity index (χ0v) is 19.5. The molecule has 33 heavy (non-hydrogen) atoms. The van der Waals surface area contributed by atoms with Crippen LogP contribution in [0.3, 0.4) is 0 Å². The molecule has 2 heterocycles. The van der Waals surface area contributed by atoms with Crippen LogP contribution in [-0.4, -0.2) is 63.7 Å². The van der Waals surface area contributed by atoms with Crippen molar-refractivity contribution in [2.24, 2.45) is 0 Å². The predicted octanol–water partition coefficient (Wildman–Crippen LogP) is 3.16. The first-order chi connectivity index (χ1) is 16.0. The minimum atomic E-state index is -1.04. The number of methoxy groups -OCH3 is 5. The topological polar surface area (TPSA) is 95.4 Å². The van der Waals surface area contributed by atoms with E-state index < -0.39 is 5.60 Å². The maximum Gasteiger partial charge on any atom is 0.205 e. The van der Waals surface area contributed by atoms with Gasteiger partial charge in [-0.25, -0.2) is 9.97 Å². The number of benzene rings is 2. The quantitative estimate of drug-likeness (QED) is 0.576. The molecule has 0 atom stereocenters. The molecule has 0 unspecified atom stereocenters. The maximum atomic E-state index is 11.5. The maximum absolute atomic E-state index is 11.5. The van der Waals surface area contributed by atoms with Gasteiger partial charge in [-0.15, -0.1) is 0 Å². The molecule has 3 aromatic rings. The first kappa shape index (κ1) is 22.7. The molecule has 1 fully saturated rings. The van der Waals surface area contributed by atoms with Gasteiger partial charge in [0, 0.05) is 18.7 Å². The van der Waals surface area contributed by atoms with Crippen LogP contribution in [0.15, 0.2) is 30.6 Å². The summed E-state index contributed by atoms with van der Waals surface area (Å²) in [5.74, 6) is 3.41. The Labute approximate surface area is 192 Å². The zero-order chi connectivity index (χ0) is 23.6. The average molecular weight is 456 g/mol. The molecule has 1 aromatic heterocycles. The second-order valence-electron chi connectivity index (χ2n) is 7.80. The molecule has 9 heteroatoms. The summed E-state index contributed by atoms with van der Waals surface area (Å²) < 4.78 is 27.6. The molecule has 1 N–H and O–H groups in total. The fraction of sp³-hybridized carbons (Fsp3) is 0.417. The molecule has 4 rings (SSSR count). The van der Waals surface area contributed by atoms with Crippen LogP contribution >= 0.6 is 0 Å². The van der Waals surface area contributed by atoms with Gasteiger partial charge < -0.3 is 33.7 Å². The van der Waals surface area contributed by atoms with Gasteiger partial charge in [0.25, 0.3) is 0 Å². The van der Waals surface area contributed by atoms with Gasteiger partial charge in [0.2, 0.25) is 5.75 Å². The summed E-state index contributed by atoms with van der Waals surface area (Å²) in [7, 11) is 7.89. The lowest BCUT2D eigenvalue weighted by atomic mass is 9.83. The van der Waals surface area contributed by atoms with Crippen LogP contribution < -0.4 is 28.6 Å². The van der Waals surface area contributed by atoms with Crippen molar-refractivity contribution >= 4 is 16.7 Å². The third kappa shape index (κ3) is 3.82. The van der Waals surface area contributed by atoms with Crippen LogP contribution in [-0.2, 0) is 5.60 Å². The molecule has 2 aromatic carbocycles. The monoisotopic (exact) mass is 455 g/mol. The second kappa shape index (κ2) is 9.19. The van der Waals surface area contributed by atoms with Gasteiger partial charge in [-0.2, -0.15) is 0 Å².